The molecule has 0 saturated heterocycles. The van der Waals surface area contributed by atoms with Gasteiger partial charge in [0.25, 0.3) is 5.91 Å². The Morgan fingerprint density at radius 3 is 2.73 bits per heavy atom. The van der Waals surface area contributed by atoms with Crippen molar-refractivity contribution in [1.82, 2.24) is 25.5 Å². The van der Waals surface area contributed by atoms with Gasteiger partial charge in [0.15, 0.2) is 12.6 Å². The first kappa shape index (κ1) is 19.8. The zero-order chi connectivity index (χ0) is 20.8. The first-order valence-corrected chi connectivity index (χ1v) is 10.0. The molecule has 1 aromatic heterocycles. The lowest BCUT2D eigenvalue weighted by Gasteiger charge is -2.26. The van der Waals surface area contributed by atoms with Crippen molar-refractivity contribution in [3.8, 4) is 0 Å². The second kappa shape index (κ2) is 9.30. The van der Waals surface area contributed by atoms with Crippen LogP contribution in [-0.4, -0.2) is 38.7 Å². The van der Waals surface area contributed by atoms with E-state index in [1.165, 1.54) is 16.6 Å². The van der Waals surface area contributed by atoms with Crippen LogP contribution < -0.4 is 5.32 Å². The van der Waals surface area contributed by atoms with Crippen molar-refractivity contribution in [2.75, 3.05) is 6.61 Å². The zero-order valence-electron chi connectivity index (χ0n) is 16.5. The quantitative estimate of drug-likeness (QED) is 0.605. The van der Waals surface area contributed by atoms with Crippen molar-refractivity contribution >= 4 is 11.9 Å². The fraction of sp³-hybridized carbons (Fsp3) is 0.318. The third-order valence-electron chi connectivity index (χ3n) is 5.28. The smallest absolute Gasteiger partial charge is 0.331 e. The number of rotatable bonds is 7. The molecule has 2 atom stereocenters. The first-order chi connectivity index (χ1) is 14.7. The molecule has 1 aliphatic rings. The fourth-order valence-electron chi connectivity index (χ4n) is 3.81. The van der Waals surface area contributed by atoms with Crippen LogP contribution in [0.25, 0.3) is 0 Å². The van der Waals surface area contributed by atoms with E-state index in [2.05, 4.69) is 26.9 Å². The number of esters is 1. The minimum absolute atomic E-state index is 0.0548. The Labute approximate surface area is 174 Å². The maximum absolute atomic E-state index is 12.7. The number of benzene rings is 2. The zero-order valence-corrected chi connectivity index (χ0v) is 16.5. The molecule has 8 nitrogen and oxygen atoms in total. The molecule has 1 heterocycles. The molecule has 0 spiro atoms. The second-order valence-electron chi connectivity index (χ2n) is 7.31. The SMILES string of the molecule is O=C(COC(=O)[C@@H](Cc1ccccc1)n1cnnn1)N[C@@H]1CCCc2ccccc21. The van der Waals surface area contributed by atoms with E-state index in [-0.39, 0.29) is 18.6 Å². The van der Waals surface area contributed by atoms with Crippen LogP contribution in [0.2, 0.25) is 0 Å². The van der Waals surface area contributed by atoms with Crippen LogP contribution in [-0.2, 0) is 27.2 Å². The number of amides is 1. The number of aryl methyl sites for hydroxylation is 1. The summed E-state index contributed by atoms with van der Waals surface area (Å²) in [5, 5.41) is 14.0. The number of fused-ring (bicyclic) bond motifs is 1. The Morgan fingerprint density at radius 1 is 1.13 bits per heavy atom. The summed E-state index contributed by atoms with van der Waals surface area (Å²) in [5.41, 5.74) is 3.34. The summed E-state index contributed by atoms with van der Waals surface area (Å²) in [6, 6.07) is 16.8. The monoisotopic (exact) mass is 405 g/mol. The van der Waals surface area contributed by atoms with Gasteiger partial charge >= 0.3 is 5.97 Å². The summed E-state index contributed by atoms with van der Waals surface area (Å²) in [5.74, 6) is -0.870. The molecule has 0 fully saturated rings. The highest BCUT2D eigenvalue weighted by atomic mass is 16.5. The van der Waals surface area contributed by atoms with Crippen molar-refractivity contribution in [3.63, 3.8) is 0 Å². The number of hydrogen-bond donors (Lipinski definition) is 1. The largest absolute Gasteiger partial charge is 0.454 e. The molecule has 3 aromatic rings. The molecule has 1 N–H and O–H groups in total. The van der Waals surface area contributed by atoms with Crippen molar-refractivity contribution in [1.29, 1.82) is 0 Å². The fourth-order valence-corrected chi connectivity index (χ4v) is 3.81. The standard InChI is InChI=1S/C22H23N5O3/c28-21(24-19-12-6-10-17-9-4-5-11-18(17)19)14-30-22(29)20(27-15-23-25-26-27)13-16-7-2-1-3-8-16/h1-5,7-9,11,15,19-20H,6,10,12-14H2,(H,24,28)/t19-,20-/m1/s1. The molecule has 1 aliphatic carbocycles. The Morgan fingerprint density at radius 2 is 1.93 bits per heavy atom. The molecule has 0 aliphatic heterocycles. The van der Waals surface area contributed by atoms with E-state index in [0.29, 0.717) is 6.42 Å². The molecular formula is C22H23N5O3. The molecular weight excluding hydrogens is 382 g/mol. The minimum Gasteiger partial charge on any atom is -0.454 e. The Balaban J connectivity index is 1.37. The van der Waals surface area contributed by atoms with Crippen molar-refractivity contribution < 1.29 is 14.3 Å². The number of nitrogens with one attached hydrogen (secondary N) is 1. The molecule has 0 radical (unpaired) electrons. The predicted octanol–water partition coefficient (Wildman–Crippen LogP) is 2.19. The summed E-state index contributed by atoms with van der Waals surface area (Å²) in [7, 11) is 0. The van der Waals surface area contributed by atoms with Crippen LogP contribution in [0, 0.1) is 0 Å². The molecule has 0 unspecified atom stereocenters. The number of carbonyl (C=O) groups excluding carboxylic acids is 2. The van der Waals surface area contributed by atoms with Gasteiger partial charge in [0.05, 0.1) is 6.04 Å². The number of tetrazole rings is 1. The van der Waals surface area contributed by atoms with Crippen LogP contribution in [0.5, 0.6) is 0 Å². The highest BCUT2D eigenvalue weighted by molar-refractivity contribution is 5.82. The lowest BCUT2D eigenvalue weighted by Crippen LogP contribution is -2.35. The Bertz CT molecular complexity index is 991. The third kappa shape index (κ3) is 4.71. The van der Waals surface area contributed by atoms with Crippen LogP contribution in [0.15, 0.2) is 60.9 Å². The van der Waals surface area contributed by atoms with Gasteiger partial charge in [-0.1, -0.05) is 54.6 Å². The molecule has 0 bridgehead atoms. The van der Waals surface area contributed by atoms with Crippen molar-refractivity contribution in [3.05, 3.63) is 77.6 Å². The lowest BCUT2D eigenvalue weighted by atomic mass is 9.88. The van der Waals surface area contributed by atoms with Gasteiger partial charge in [0.1, 0.15) is 6.33 Å². The Kier molecular flexibility index (Phi) is 6.12. The van der Waals surface area contributed by atoms with E-state index >= 15 is 0 Å². The van der Waals surface area contributed by atoms with Gasteiger partial charge in [-0.25, -0.2) is 9.48 Å². The number of aromatic nitrogens is 4. The first-order valence-electron chi connectivity index (χ1n) is 10.0. The molecule has 4 rings (SSSR count). The van der Waals surface area contributed by atoms with Gasteiger partial charge in [0.2, 0.25) is 0 Å². The summed E-state index contributed by atoms with van der Waals surface area (Å²) < 4.78 is 6.68. The molecule has 2 aromatic carbocycles. The van der Waals surface area contributed by atoms with Gasteiger partial charge in [-0.2, -0.15) is 0 Å². The highest BCUT2D eigenvalue weighted by Crippen LogP contribution is 2.29. The van der Waals surface area contributed by atoms with Crippen LogP contribution in [0.3, 0.4) is 0 Å². The van der Waals surface area contributed by atoms with Gasteiger partial charge in [-0.05, 0) is 46.4 Å². The van der Waals surface area contributed by atoms with Gasteiger partial charge in [-0.15, -0.1) is 5.10 Å². The number of hydrogen-bond acceptors (Lipinski definition) is 6. The number of nitrogens with zero attached hydrogens (tertiary/aromatic N) is 4. The molecule has 1 amide bonds. The van der Waals surface area contributed by atoms with Gasteiger partial charge in [-0.3, -0.25) is 4.79 Å². The summed E-state index contributed by atoms with van der Waals surface area (Å²) >= 11 is 0. The average molecular weight is 405 g/mol. The molecule has 30 heavy (non-hydrogen) atoms. The van der Waals surface area contributed by atoms with E-state index in [0.717, 1.165) is 30.4 Å². The van der Waals surface area contributed by atoms with E-state index in [4.69, 9.17) is 4.74 Å². The normalized spacial score (nSPS) is 16.3. The Hall–Kier alpha value is -3.55. The van der Waals surface area contributed by atoms with E-state index in [1.807, 2.05) is 48.5 Å². The van der Waals surface area contributed by atoms with Crippen LogP contribution >= 0.6 is 0 Å². The van der Waals surface area contributed by atoms with E-state index in [1.54, 1.807) is 0 Å². The topological polar surface area (TPSA) is 99.0 Å². The van der Waals surface area contributed by atoms with Crippen molar-refractivity contribution in [2.45, 2.75) is 37.8 Å². The van der Waals surface area contributed by atoms with Crippen LogP contribution in [0.1, 0.15) is 41.6 Å². The number of carbonyl (C=O) groups is 2. The molecule has 8 heteroatoms. The minimum atomic E-state index is -0.745. The van der Waals surface area contributed by atoms with Gasteiger partial charge < -0.3 is 10.1 Å². The highest BCUT2D eigenvalue weighted by Gasteiger charge is 2.26. The molecule has 154 valence electrons. The maximum atomic E-state index is 12.7. The van der Waals surface area contributed by atoms with Crippen LogP contribution in [0.4, 0.5) is 0 Å². The maximum Gasteiger partial charge on any atom is 0.331 e. The van der Waals surface area contributed by atoms with Gasteiger partial charge in [0, 0.05) is 6.42 Å². The summed E-state index contributed by atoms with van der Waals surface area (Å²) in [4.78, 5) is 25.2. The molecule has 0 saturated carbocycles. The summed E-state index contributed by atoms with van der Waals surface area (Å²) in [6.45, 7) is -0.342. The lowest BCUT2D eigenvalue weighted by molar-refractivity contribution is -0.152. The second-order valence-corrected chi connectivity index (χ2v) is 7.31. The predicted molar refractivity (Wildman–Crippen MR) is 108 cm³/mol. The van der Waals surface area contributed by atoms with E-state index in [9.17, 15) is 9.59 Å². The van der Waals surface area contributed by atoms with Crippen molar-refractivity contribution in [2.24, 2.45) is 0 Å². The number of ether oxygens (including phenoxy) is 1. The summed E-state index contributed by atoms with van der Waals surface area (Å²) in [6.07, 6.45) is 4.64. The third-order valence-corrected chi connectivity index (χ3v) is 5.28. The average Bonchev–Trinajstić information content (AvgIpc) is 3.31. The van der Waals surface area contributed by atoms with E-state index < -0.39 is 12.0 Å².